The summed E-state index contributed by atoms with van der Waals surface area (Å²) in [7, 11) is 3.59. The summed E-state index contributed by atoms with van der Waals surface area (Å²) >= 11 is 0. The van der Waals surface area contributed by atoms with E-state index < -0.39 is 0 Å². The number of carbonyl (C=O) groups excluding carboxylic acids is 1. The Balaban J connectivity index is 2.07. The molecule has 0 atom stereocenters. The van der Waals surface area contributed by atoms with Gasteiger partial charge in [-0.2, -0.15) is 0 Å². The van der Waals surface area contributed by atoms with E-state index in [0.29, 0.717) is 18.4 Å². The van der Waals surface area contributed by atoms with Crippen molar-refractivity contribution in [2.45, 2.75) is 64.7 Å². The van der Waals surface area contributed by atoms with Crippen molar-refractivity contribution in [2.75, 3.05) is 40.5 Å². The van der Waals surface area contributed by atoms with E-state index in [0.717, 1.165) is 57.8 Å². The van der Waals surface area contributed by atoms with Crippen LogP contribution in [0.1, 0.15) is 64.7 Å². The fraction of sp³-hybridized carbons (Fsp3) is 0.895. The van der Waals surface area contributed by atoms with E-state index in [1.54, 1.807) is 7.11 Å². The fourth-order valence-corrected chi connectivity index (χ4v) is 3.19. The number of guanidine groups is 1. The molecule has 1 saturated carbocycles. The summed E-state index contributed by atoms with van der Waals surface area (Å²) in [6.45, 7) is 5.02. The lowest BCUT2D eigenvalue weighted by Gasteiger charge is -2.42. The molecule has 0 saturated heterocycles. The first-order chi connectivity index (χ1) is 12.2. The predicted molar refractivity (Wildman–Crippen MR) is 102 cm³/mol. The number of unbranched alkanes of at least 4 members (excludes halogenated alkanes) is 3. The van der Waals surface area contributed by atoms with Crippen molar-refractivity contribution >= 4 is 11.9 Å². The zero-order chi connectivity index (χ0) is 18.4. The Morgan fingerprint density at radius 2 is 1.92 bits per heavy atom. The van der Waals surface area contributed by atoms with Crippen LogP contribution in [0.2, 0.25) is 0 Å². The summed E-state index contributed by atoms with van der Waals surface area (Å²) in [5, 5.41) is 6.86. The number of nitrogens with one attached hydrogen (secondary N) is 2. The topological polar surface area (TPSA) is 72.0 Å². The number of hydrogen-bond acceptors (Lipinski definition) is 4. The van der Waals surface area contributed by atoms with Crippen molar-refractivity contribution in [3.8, 4) is 0 Å². The molecular formula is C19H37N3O3. The van der Waals surface area contributed by atoms with Crippen LogP contribution in [-0.4, -0.2) is 52.4 Å². The van der Waals surface area contributed by atoms with Crippen LogP contribution in [0.3, 0.4) is 0 Å². The molecule has 1 aliphatic rings. The third-order valence-electron chi connectivity index (χ3n) is 5.01. The molecular weight excluding hydrogens is 318 g/mol. The minimum atomic E-state index is -0.0800. The van der Waals surface area contributed by atoms with Crippen molar-refractivity contribution in [3.05, 3.63) is 0 Å². The van der Waals surface area contributed by atoms with Gasteiger partial charge < -0.3 is 20.1 Å². The normalized spacial score (nSPS) is 16.2. The van der Waals surface area contributed by atoms with Crippen LogP contribution in [-0.2, 0) is 14.3 Å². The minimum Gasteiger partial charge on any atom is -0.466 e. The van der Waals surface area contributed by atoms with E-state index in [9.17, 15) is 4.79 Å². The van der Waals surface area contributed by atoms with Crippen molar-refractivity contribution in [1.29, 1.82) is 0 Å². The van der Waals surface area contributed by atoms with Gasteiger partial charge in [0.2, 0.25) is 0 Å². The van der Waals surface area contributed by atoms with E-state index in [4.69, 9.17) is 9.47 Å². The van der Waals surface area contributed by atoms with Crippen LogP contribution in [0.25, 0.3) is 0 Å². The molecule has 0 aromatic carbocycles. The summed E-state index contributed by atoms with van der Waals surface area (Å²) in [4.78, 5) is 15.6. The third-order valence-corrected chi connectivity index (χ3v) is 5.01. The number of ether oxygens (including phenoxy) is 2. The zero-order valence-electron chi connectivity index (χ0n) is 16.4. The summed E-state index contributed by atoms with van der Waals surface area (Å²) in [5.41, 5.74) is 0.390. The SMILES string of the molecule is CCOC(=O)CCCCCCNC(=NC)NCC1(CCOC)CCC1. The molecule has 0 radical (unpaired) electrons. The first-order valence-electron chi connectivity index (χ1n) is 9.75. The summed E-state index contributed by atoms with van der Waals surface area (Å²) < 4.78 is 10.2. The van der Waals surface area contributed by atoms with Crippen LogP contribution < -0.4 is 10.6 Å². The molecule has 6 nitrogen and oxygen atoms in total. The van der Waals surface area contributed by atoms with Gasteiger partial charge in [-0.15, -0.1) is 0 Å². The smallest absolute Gasteiger partial charge is 0.305 e. The molecule has 146 valence electrons. The second-order valence-corrected chi connectivity index (χ2v) is 6.92. The molecule has 0 aliphatic heterocycles. The first kappa shape index (κ1) is 21.7. The Hall–Kier alpha value is -1.30. The molecule has 0 aromatic rings. The van der Waals surface area contributed by atoms with Crippen LogP contribution in [0, 0.1) is 5.41 Å². The largest absolute Gasteiger partial charge is 0.466 e. The molecule has 1 rings (SSSR count). The fourth-order valence-electron chi connectivity index (χ4n) is 3.19. The average Bonchev–Trinajstić information content (AvgIpc) is 2.57. The Kier molecular flexibility index (Phi) is 11.3. The molecule has 0 bridgehead atoms. The van der Waals surface area contributed by atoms with Crippen molar-refractivity contribution in [3.63, 3.8) is 0 Å². The number of hydrogen-bond donors (Lipinski definition) is 2. The molecule has 1 aliphatic carbocycles. The number of aliphatic imine (C=N–C) groups is 1. The summed E-state index contributed by atoms with van der Waals surface area (Å²) in [5.74, 6) is 0.804. The summed E-state index contributed by atoms with van der Waals surface area (Å²) in [6.07, 6.45) is 9.70. The third kappa shape index (κ3) is 9.10. The van der Waals surface area contributed by atoms with E-state index in [2.05, 4.69) is 15.6 Å². The zero-order valence-corrected chi connectivity index (χ0v) is 16.4. The highest BCUT2D eigenvalue weighted by atomic mass is 16.5. The number of nitrogens with zero attached hydrogens (tertiary/aromatic N) is 1. The standard InChI is InChI=1S/C19H37N3O3/c1-4-25-17(23)10-7-5-6-8-14-21-18(20-2)22-16-19(11-9-12-19)13-15-24-3/h4-16H2,1-3H3,(H2,20,21,22). The maximum Gasteiger partial charge on any atom is 0.305 e. The Morgan fingerprint density at radius 1 is 1.16 bits per heavy atom. The lowest BCUT2D eigenvalue weighted by Crippen LogP contribution is -2.47. The van der Waals surface area contributed by atoms with Gasteiger partial charge in [-0.1, -0.05) is 19.3 Å². The predicted octanol–water partition coefficient (Wildman–Crippen LogP) is 2.87. The van der Waals surface area contributed by atoms with Gasteiger partial charge in [0.1, 0.15) is 0 Å². The van der Waals surface area contributed by atoms with Crippen LogP contribution in [0.15, 0.2) is 4.99 Å². The second-order valence-electron chi connectivity index (χ2n) is 6.92. The van der Waals surface area contributed by atoms with Crippen molar-refractivity contribution in [2.24, 2.45) is 10.4 Å². The van der Waals surface area contributed by atoms with Gasteiger partial charge >= 0.3 is 5.97 Å². The van der Waals surface area contributed by atoms with E-state index >= 15 is 0 Å². The van der Waals surface area contributed by atoms with Gasteiger partial charge in [0.05, 0.1) is 6.61 Å². The molecule has 6 heteroatoms. The van der Waals surface area contributed by atoms with E-state index in [1.165, 1.54) is 19.3 Å². The number of esters is 1. The van der Waals surface area contributed by atoms with Crippen LogP contribution >= 0.6 is 0 Å². The summed E-state index contributed by atoms with van der Waals surface area (Å²) in [6, 6.07) is 0. The maximum atomic E-state index is 11.2. The Bertz CT molecular complexity index is 395. The Labute approximate surface area is 153 Å². The quantitative estimate of drug-likeness (QED) is 0.230. The molecule has 0 spiro atoms. The molecule has 0 aromatic heterocycles. The number of carbonyl (C=O) groups is 1. The molecule has 0 unspecified atom stereocenters. The van der Waals surface area contributed by atoms with Crippen molar-refractivity contribution < 1.29 is 14.3 Å². The maximum absolute atomic E-state index is 11.2. The highest BCUT2D eigenvalue weighted by Gasteiger charge is 2.36. The molecule has 0 amide bonds. The van der Waals surface area contributed by atoms with Gasteiger partial charge in [-0.05, 0) is 44.4 Å². The molecule has 2 N–H and O–H groups in total. The van der Waals surface area contributed by atoms with E-state index in [1.807, 2.05) is 14.0 Å². The molecule has 25 heavy (non-hydrogen) atoms. The monoisotopic (exact) mass is 355 g/mol. The lowest BCUT2D eigenvalue weighted by molar-refractivity contribution is -0.143. The number of rotatable bonds is 13. The lowest BCUT2D eigenvalue weighted by atomic mass is 9.67. The first-order valence-corrected chi connectivity index (χ1v) is 9.75. The highest BCUT2D eigenvalue weighted by Crippen LogP contribution is 2.43. The minimum absolute atomic E-state index is 0.0800. The van der Waals surface area contributed by atoms with Gasteiger partial charge in [0, 0.05) is 40.3 Å². The van der Waals surface area contributed by atoms with Gasteiger partial charge in [-0.3, -0.25) is 9.79 Å². The van der Waals surface area contributed by atoms with Crippen LogP contribution in [0.4, 0.5) is 0 Å². The van der Waals surface area contributed by atoms with Crippen molar-refractivity contribution in [1.82, 2.24) is 10.6 Å². The average molecular weight is 356 g/mol. The van der Waals surface area contributed by atoms with E-state index in [-0.39, 0.29) is 5.97 Å². The Morgan fingerprint density at radius 3 is 2.52 bits per heavy atom. The van der Waals surface area contributed by atoms with Gasteiger partial charge in [0.15, 0.2) is 5.96 Å². The van der Waals surface area contributed by atoms with Gasteiger partial charge in [0.25, 0.3) is 0 Å². The molecule has 1 fully saturated rings. The molecule has 0 heterocycles. The van der Waals surface area contributed by atoms with Crippen LogP contribution in [0.5, 0.6) is 0 Å². The second kappa shape index (κ2) is 13.0. The van der Waals surface area contributed by atoms with Gasteiger partial charge in [-0.25, -0.2) is 0 Å². The highest BCUT2D eigenvalue weighted by molar-refractivity contribution is 5.79. The number of methoxy groups -OCH3 is 1.